The van der Waals surface area contributed by atoms with Crippen LogP contribution in [0, 0.1) is 0 Å². The number of hydrogen-bond acceptors (Lipinski definition) is 6. The van der Waals surface area contributed by atoms with Gasteiger partial charge in [-0.1, -0.05) is 23.7 Å². The molecule has 2 heterocycles. The third-order valence-corrected chi connectivity index (χ3v) is 5.36. The van der Waals surface area contributed by atoms with Crippen molar-refractivity contribution in [3.05, 3.63) is 64.2 Å². The monoisotopic (exact) mass is 519 g/mol. The topological polar surface area (TPSA) is 95.7 Å². The molecule has 1 aliphatic heterocycles. The molecule has 8 nitrogen and oxygen atoms in total. The number of para-hydroxylation sites is 1. The SMILES string of the molecule is COc1cccc([C@@H]2O[C@@H](CC(=O)O)c3nnc(C(F)(F)F)n3-c3ccc(Cl)cc32)c1OC(F)F. The maximum absolute atomic E-state index is 13.8. The van der Waals surface area contributed by atoms with Crippen LogP contribution in [0.25, 0.3) is 5.69 Å². The van der Waals surface area contributed by atoms with Crippen LogP contribution < -0.4 is 9.47 Å². The second-order valence-electron chi connectivity index (χ2n) is 7.28. The molecule has 2 atom stereocenters. The summed E-state index contributed by atoms with van der Waals surface area (Å²) in [7, 11) is 1.21. The van der Waals surface area contributed by atoms with Crippen molar-refractivity contribution < 1.29 is 46.1 Å². The van der Waals surface area contributed by atoms with Gasteiger partial charge in [-0.25, -0.2) is 0 Å². The van der Waals surface area contributed by atoms with Crippen molar-refractivity contribution in [2.45, 2.75) is 31.4 Å². The molecule has 3 aromatic rings. The van der Waals surface area contributed by atoms with Gasteiger partial charge in [0.1, 0.15) is 12.2 Å². The van der Waals surface area contributed by atoms with E-state index in [4.69, 9.17) is 21.1 Å². The number of hydrogen-bond donors (Lipinski definition) is 1. The third-order valence-electron chi connectivity index (χ3n) is 5.12. The Balaban J connectivity index is 2.03. The van der Waals surface area contributed by atoms with Crippen LogP contribution in [0.2, 0.25) is 5.02 Å². The molecule has 0 saturated heterocycles. The molecule has 0 aliphatic carbocycles. The van der Waals surface area contributed by atoms with Crippen molar-refractivity contribution in [3.63, 3.8) is 0 Å². The Morgan fingerprint density at radius 1 is 1.23 bits per heavy atom. The van der Waals surface area contributed by atoms with E-state index in [-0.39, 0.29) is 27.6 Å². The summed E-state index contributed by atoms with van der Waals surface area (Å²) in [6, 6.07) is 7.93. The first-order chi connectivity index (χ1) is 16.5. The Labute approximate surface area is 198 Å². The largest absolute Gasteiger partial charge is 0.493 e. The minimum atomic E-state index is -4.96. The van der Waals surface area contributed by atoms with Crippen molar-refractivity contribution >= 4 is 17.6 Å². The second-order valence-corrected chi connectivity index (χ2v) is 7.71. The van der Waals surface area contributed by atoms with Gasteiger partial charge in [-0.05, 0) is 24.3 Å². The maximum Gasteiger partial charge on any atom is 0.452 e. The van der Waals surface area contributed by atoms with E-state index in [1.807, 2.05) is 0 Å². The van der Waals surface area contributed by atoms with Crippen LogP contribution in [-0.4, -0.2) is 39.6 Å². The number of fused-ring (bicyclic) bond motifs is 3. The first-order valence-electron chi connectivity index (χ1n) is 9.82. The van der Waals surface area contributed by atoms with E-state index in [1.54, 1.807) is 0 Å². The molecule has 0 spiro atoms. The number of carboxylic acids is 1. The molecular weight excluding hydrogens is 505 g/mol. The summed E-state index contributed by atoms with van der Waals surface area (Å²) in [4.78, 5) is 11.6. The average molecular weight is 520 g/mol. The molecule has 0 amide bonds. The van der Waals surface area contributed by atoms with Gasteiger partial charge in [-0.3, -0.25) is 9.36 Å². The van der Waals surface area contributed by atoms with Crippen LogP contribution in [0.5, 0.6) is 11.5 Å². The van der Waals surface area contributed by atoms with Crippen LogP contribution in [0.15, 0.2) is 36.4 Å². The van der Waals surface area contributed by atoms with E-state index < -0.39 is 54.8 Å². The number of aliphatic carboxylic acids is 1. The van der Waals surface area contributed by atoms with Crippen molar-refractivity contribution in [2.75, 3.05) is 7.11 Å². The first-order valence-corrected chi connectivity index (χ1v) is 10.2. The lowest BCUT2D eigenvalue weighted by molar-refractivity contribution is -0.146. The van der Waals surface area contributed by atoms with Gasteiger partial charge in [0.25, 0.3) is 0 Å². The number of carbonyl (C=O) groups is 1. The van der Waals surface area contributed by atoms with E-state index in [2.05, 4.69) is 14.9 Å². The molecular formula is C21H15ClF5N3O5. The highest BCUT2D eigenvalue weighted by Gasteiger charge is 2.44. The molecule has 35 heavy (non-hydrogen) atoms. The van der Waals surface area contributed by atoms with Crippen molar-refractivity contribution in [2.24, 2.45) is 0 Å². The van der Waals surface area contributed by atoms with Gasteiger partial charge in [0.15, 0.2) is 17.3 Å². The minimum absolute atomic E-state index is 0.00399. The zero-order valence-electron chi connectivity index (χ0n) is 17.6. The molecule has 186 valence electrons. The van der Waals surface area contributed by atoms with E-state index in [0.29, 0.717) is 4.57 Å². The fourth-order valence-corrected chi connectivity index (χ4v) is 4.00. The van der Waals surface area contributed by atoms with Crippen LogP contribution in [0.1, 0.15) is 41.4 Å². The lowest BCUT2D eigenvalue weighted by Crippen LogP contribution is -2.17. The number of methoxy groups -OCH3 is 1. The Morgan fingerprint density at radius 2 is 1.97 bits per heavy atom. The van der Waals surface area contributed by atoms with E-state index in [0.717, 1.165) is 0 Å². The Bertz CT molecular complexity index is 1270. The average Bonchev–Trinajstić information content (AvgIpc) is 3.17. The van der Waals surface area contributed by atoms with Crippen molar-refractivity contribution in [1.29, 1.82) is 0 Å². The number of halogens is 6. The van der Waals surface area contributed by atoms with Crippen LogP contribution in [-0.2, 0) is 15.7 Å². The summed E-state index contributed by atoms with van der Waals surface area (Å²) in [5.74, 6) is -3.82. The highest BCUT2D eigenvalue weighted by Crippen LogP contribution is 2.47. The van der Waals surface area contributed by atoms with Crippen LogP contribution >= 0.6 is 11.6 Å². The number of aromatic nitrogens is 3. The molecule has 1 aromatic heterocycles. The number of ether oxygens (including phenoxy) is 3. The smallest absolute Gasteiger partial charge is 0.452 e. The van der Waals surface area contributed by atoms with Gasteiger partial charge in [0, 0.05) is 16.1 Å². The summed E-state index contributed by atoms with van der Waals surface area (Å²) in [6.07, 6.45) is -8.73. The number of alkyl halides is 5. The first kappa shape index (κ1) is 24.7. The van der Waals surface area contributed by atoms with Crippen LogP contribution in [0.3, 0.4) is 0 Å². The molecule has 0 unspecified atom stereocenters. The number of nitrogens with zero attached hydrogens (tertiary/aromatic N) is 3. The quantitative estimate of drug-likeness (QED) is 0.448. The number of rotatable bonds is 6. The number of carboxylic acid groups (broad SMARTS) is 1. The van der Waals surface area contributed by atoms with Crippen molar-refractivity contribution in [1.82, 2.24) is 14.8 Å². The maximum atomic E-state index is 13.8. The molecule has 1 N–H and O–H groups in total. The van der Waals surface area contributed by atoms with Crippen molar-refractivity contribution in [3.8, 4) is 17.2 Å². The summed E-state index contributed by atoms with van der Waals surface area (Å²) in [6.45, 7) is -3.28. The lowest BCUT2D eigenvalue weighted by atomic mass is 9.98. The standard InChI is InChI=1S/C21H15ClF5N3O5/c1-33-13-4-2-3-10(17(13)35-20(23)24)16-11-7-9(22)5-6-12(11)30-18(14(34-16)8-15(31)32)28-29-19(30)21(25,26)27/h2-7,14,16,20H,8H2,1H3,(H,31,32)/t14-,16-/m0/s1. The van der Waals surface area contributed by atoms with E-state index >= 15 is 0 Å². The lowest BCUT2D eigenvalue weighted by Gasteiger charge is -2.25. The number of benzene rings is 2. The normalized spacial score (nSPS) is 17.5. The van der Waals surface area contributed by atoms with Gasteiger partial charge in [-0.2, -0.15) is 22.0 Å². The molecule has 1 aliphatic rings. The van der Waals surface area contributed by atoms with Gasteiger partial charge in [-0.15, -0.1) is 10.2 Å². The molecule has 0 saturated carbocycles. The van der Waals surface area contributed by atoms with Gasteiger partial charge >= 0.3 is 18.8 Å². The van der Waals surface area contributed by atoms with E-state index in [9.17, 15) is 31.9 Å². The fraction of sp³-hybridized carbons (Fsp3) is 0.286. The Hall–Kier alpha value is -3.45. The third kappa shape index (κ3) is 4.73. The highest BCUT2D eigenvalue weighted by molar-refractivity contribution is 6.30. The molecule has 0 bridgehead atoms. The molecule has 2 aromatic carbocycles. The van der Waals surface area contributed by atoms with Gasteiger partial charge < -0.3 is 19.3 Å². The van der Waals surface area contributed by atoms with Gasteiger partial charge in [0.2, 0.25) is 5.82 Å². The Morgan fingerprint density at radius 3 is 2.60 bits per heavy atom. The molecule has 4 rings (SSSR count). The van der Waals surface area contributed by atoms with E-state index in [1.165, 1.54) is 43.5 Å². The molecule has 0 radical (unpaired) electrons. The molecule has 14 heteroatoms. The summed E-state index contributed by atoms with van der Waals surface area (Å²) in [5, 5.41) is 16.3. The second kappa shape index (κ2) is 9.30. The highest BCUT2D eigenvalue weighted by atomic mass is 35.5. The van der Waals surface area contributed by atoms with Gasteiger partial charge in [0.05, 0.1) is 19.2 Å². The minimum Gasteiger partial charge on any atom is -0.493 e. The summed E-state index contributed by atoms with van der Waals surface area (Å²) in [5.41, 5.74) is -0.189. The predicted molar refractivity (Wildman–Crippen MR) is 109 cm³/mol. The zero-order chi connectivity index (χ0) is 25.5. The summed E-state index contributed by atoms with van der Waals surface area (Å²) < 4.78 is 84.3. The Kier molecular flexibility index (Phi) is 6.56. The zero-order valence-corrected chi connectivity index (χ0v) is 18.3. The molecule has 0 fully saturated rings. The predicted octanol–water partition coefficient (Wildman–Crippen LogP) is 5.18. The van der Waals surface area contributed by atoms with Crippen LogP contribution in [0.4, 0.5) is 22.0 Å². The summed E-state index contributed by atoms with van der Waals surface area (Å²) >= 11 is 6.13. The fourth-order valence-electron chi connectivity index (χ4n) is 3.82.